The Kier molecular flexibility index (Phi) is 3.20. The molecule has 2 aromatic carbocycles. The van der Waals surface area contributed by atoms with E-state index >= 15 is 0 Å². The van der Waals surface area contributed by atoms with Gasteiger partial charge in [-0.05, 0) is 23.3 Å². The van der Waals surface area contributed by atoms with Gasteiger partial charge in [0.2, 0.25) is 0 Å². The van der Waals surface area contributed by atoms with Crippen molar-refractivity contribution in [2.24, 2.45) is 0 Å². The number of hydrogen-bond acceptors (Lipinski definition) is 4. The van der Waals surface area contributed by atoms with Gasteiger partial charge in [-0.15, -0.1) is 0 Å². The highest BCUT2D eigenvalue weighted by molar-refractivity contribution is 5.96. The van der Waals surface area contributed by atoms with Gasteiger partial charge in [0, 0.05) is 11.1 Å². The largest absolute Gasteiger partial charge is 0.478 e. The van der Waals surface area contributed by atoms with Crippen LogP contribution in [0.5, 0.6) is 0 Å². The second-order valence-corrected chi connectivity index (χ2v) is 5.03. The van der Waals surface area contributed by atoms with Crippen LogP contribution in [0.3, 0.4) is 0 Å². The van der Waals surface area contributed by atoms with E-state index in [9.17, 15) is 30.0 Å². The molecule has 1 aliphatic rings. The first-order chi connectivity index (χ1) is 10.4. The van der Waals surface area contributed by atoms with Crippen LogP contribution in [-0.4, -0.2) is 32.4 Å². The molecule has 0 saturated heterocycles. The van der Waals surface area contributed by atoms with E-state index in [-0.39, 0.29) is 22.3 Å². The Morgan fingerprint density at radius 2 is 1.09 bits per heavy atom. The van der Waals surface area contributed by atoms with Crippen LogP contribution in [0.2, 0.25) is 0 Å². The second-order valence-electron chi connectivity index (χ2n) is 5.03. The van der Waals surface area contributed by atoms with Crippen molar-refractivity contribution in [3.05, 3.63) is 69.8 Å². The van der Waals surface area contributed by atoms with Gasteiger partial charge in [0.25, 0.3) is 0 Å². The SMILES string of the molecule is O=C(O)c1ccc(C(=O)O)c2c1C(O)c1ccccc1C2O. The van der Waals surface area contributed by atoms with Crippen LogP contribution in [0, 0.1) is 0 Å². The quantitative estimate of drug-likeness (QED) is 0.669. The smallest absolute Gasteiger partial charge is 0.336 e. The molecule has 0 heterocycles. The van der Waals surface area contributed by atoms with Crippen LogP contribution >= 0.6 is 0 Å². The van der Waals surface area contributed by atoms with Crippen molar-refractivity contribution in [2.45, 2.75) is 12.2 Å². The number of rotatable bonds is 2. The Hall–Kier alpha value is -2.70. The first-order valence-corrected chi connectivity index (χ1v) is 6.51. The van der Waals surface area contributed by atoms with E-state index in [1.165, 1.54) is 0 Å². The average Bonchev–Trinajstić information content (AvgIpc) is 2.51. The Morgan fingerprint density at radius 3 is 1.41 bits per heavy atom. The molecule has 0 aromatic heterocycles. The molecule has 0 bridgehead atoms. The Morgan fingerprint density at radius 1 is 0.727 bits per heavy atom. The maximum absolute atomic E-state index is 11.4. The molecule has 112 valence electrons. The predicted octanol–water partition coefficient (Wildman–Crippen LogP) is 1.56. The zero-order valence-corrected chi connectivity index (χ0v) is 11.2. The Bertz CT molecular complexity index is 729. The minimum atomic E-state index is -1.31. The lowest BCUT2D eigenvalue weighted by Gasteiger charge is -2.31. The summed E-state index contributed by atoms with van der Waals surface area (Å²) in [5.74, 6) is -2.59. The molecule has 2 atom stereocenters. The molecular formula is C16H12O6. The highest BCUT2D eigenvalue weighted by atomic mass is 16.4. The highest BCUT2D eigenvalue weighted by Gasteiger charge is 2.36. The summed E-state index contributed by atoms with van der Waals surface area (Å²) in [6.07, 6.45) is -2.61. The van der Waals surface area contributed by atoms with Gasteiger partial charge < -0.3 is 20.4 Å². The summed E-state index contributed by atoms with van der Waals surface area (Å²) < 4.78 is 0. The minimum absolute atomic E-state index is 0.0707. The van der Waals surface area contributed by atoms with E-state index in [2.05, 4.69) is 0 Å². The maximum Gasteiger partial charge on any atom is 0.336 e. The molecule has 1 aliphatic carbocycles. The van der Waals surface area contributed by atoms with E-state index in [1.807, 2.05) is 0 Å². The third-order valence-electron chi connectivity index (χ3n) is 3.88. The second kappa shape index (κ2) is 4.94. The van der Waals surface area contributed by atoms with Crippen molar-refractivity contribution in [1.29, 1.82) is 0 Å². The van der Waals surface area contributed by atoms with Gasteiger partial charge in [-0.25, -0.2) is 9.59 Å². The zero-order valence-electron chi connectivity index (χ0n) is 11.2. The standard InChI is InChI=1S/C16H12O6/c17-13-7-3-1-2-4-8(7)14(18)12-10(16(21)22)6-5-9(11(12)13)15(19)20/h1-6,13-14,17-18H,(H,19,20)(H,21,22). The number of benzene rings is 2. The van der Waals surface area contributed by atoms with Gasteiger partial charge in [-0.2, -0.15) is 0 Å². The summed E-state index contributed by atoms with van der Waals surface area (Å²) in [4.78, 5) is 22.8. The van der Waals surface area contributed by atoms with Crippen LogP contribution in [-0.2, 0) is 0 Å². The van der Waals surface area contributed by atoms with E-state index in [0.717, 1.165) is 12.1 Å². The molecular weight excluding hydrogens is 288 g/mol. The summed E-state index contributed by atoms with van der Waals surface area (Å²) >= 11 is 0. The summed E-state index contributed by atoms with van der Waals surface area (Å²) in [7, 11) is 0. The lowest BCUT2D eigenvalue weighted by atomic mass is 9.78. The zero-order chi connectivity index (χ0) is 16.0. The fourth-order valence-electron chi connectivity index (χ4n) is 2.92. The fourth-order valence-corrected chi connectivity index (χ4v) is 2.92. The van der Waals surface area contributed by atoms with Crippen LogP contribution in [0.25, 0.3) is 0 Å². The van der Waals surface area contributed by atoms with Crippen LogP contribution in [0.15, 0.2) is 36.4 Å². The molecule has 0 saturated carbocycles. The van der Waals surface area contributed by atoms with Gasteiger partial charge in [-0.3, -0.25) is 0 Å². The average molecular weight is 300 g/mol. The van der Waals surface area contributed by atoms with Crippen molar-refractivity contribution >= 4 is 11.9 Å². The number of carboxylic acids is 2. The van der Waals surface area contributed by atoms with Gasteiger partial charge in [-0.1, -0.05) is 24.3 Å². The number of carbonyl (C=O) groups is 2. The van der Waals surface area contributed by atoms with Gasteiger partial charge in [0.15, 0.2) is 0 Å². The molecule has 0 aliphatic heterocycles. The monoisotopic (exact) mass is 300 g/mol. The van der Waals surface area contributed by atoms with E-state index in [4.69, 9.17) is 0 Å². The fraction of sp³-hybridized carbons (Fsp3) is 0.125. The molecule has 6 heteroatoms. The van der Waals surface area contributed by atoms with Crippen molar-refractivity contribution in [1.82, 2.24) is 0 Å². The van der Waals surface area contributed by atoms with Crippen LogP contribution < -0.4 is 0 Å². The van der Waals surface area contributed by atoms with E-state index in [1.54, 1.807) is 24.3 Å². The first-order valence-electron chi connectivity index (χ1n) is 6.51. The lowest BCUT2D eigenvalue weighted by Crippen LogP contribution is -2.24. The number of carboxylic acid groups (broad SMARTS) is 2. The molecule has 0 amide bonds. The number of hydrogen-bond donors (Lipinski definition) is 4. The molecule has 22 heavy (non-hydrogen) atoms. The first kappa shape index (κ1) is 14.2. The lowest BCUT2D eigenvalue weighted by molar-refractivity contribution is 0.0669. The molecule has 0 fully saturated rings. The van der Waals surface area contributed by atoms with Gasteiger partial charge in [0.1, 0.15) is 12.2 Å². The summed E-state index contributed by atoms with van der Waals surface area (Å²) in [5.41, 5.74) is 0.152. The van der Waals surface area contributed by atoms with Crippen LogP contribution in [0.4, 0.5) is 0 Å². The molecule has 4 N–H and O–H groups in total. The molecule has 2 aromatic rings. The number of aliphatic hydroxyl groups is 2. The van der Waals surface area contributed by atoms with Crippen molar-refractivity contribution < 1.29 is 30.0 Å². The molecule has 0 radical (unpaired) electrons. The van der Waals surface area contributed by atoms with Crippen molar-refractivity contribution in [3.63, 3.8) is 0 Å². The Balaban J connectivity index is 2.38. The molecule has 6 nitrogen and oxygen atoms in total. The normalized spacial score (nSPS) is 19.2. The van der Waals surface area contributed by atoms with E-state index in [0.29, 0.717) is 11.1 Å². The molecule has 0 spiro atoms. The summed E-state index contributed by atoms with van der Waals surface area (Å²) in [6.45, 7) is 0. The van der Waals surface area contributed by atoms with Crippen LogP contribution in [0.1, 0.15) is 55.2 Å². The Labute approximate surface area is 124 Å². The van der Waals surface area contributed by atoms with E-state index < -0.39 is 24.1 Å². The van der Waals surface area contributed by atoms with Gasteiger partial charge in [0.05, 0.1) is 11.1 Å². The third-order valence-corrected chi connectivity index (χ3v) is 3.88. The number of aliphatic hydroxyl groups excluding tert-OH is 2. The minimum Gasteiger partial charge on any atom is -0.478 e. The molecule has 3 rings (SSSR count). The third kappa shape index (κ3) is 1.89. The van der Waals surface area contributed by atoms with Gasteiger partial charge >= 0.3 is 11.9 Å². The highest BCUT2D eigenvalue weighted by Crippen LogP contribution is 2.43. The summed E-state index contributed by atoms with van der Waals surface area (Å²) in [5, 5.41) is 39.6. The summed E-state index contributed by atoms with van der Waals surface area (Å²) in [6, 6.07) is 8.72. The topological polar surface area (TPSA) is 115 Å². The maximum atomic E-state index is 11.4. The van der Waals surface area contributed by atoms with Crippen molar-refractivity contribution in [3.8, 4) is 0 Å². The predicted molar refractivity (Wildman–Crippen MR) is 74.9 cm³/mol. The number of fused-ring (bicyclic) bond motifs is 2. The molecule has 2 unspecified atom stereocenters. The van der Waals surface area contributed by atoms with Crippen molar-refractivity contribution in [2.75, 3.05) is 0 Å². The number of aromatic carboxylic acids is 2.